The molecule has 66 valence electrons. The van der Waals surface area contributed by atoms with Crippen molar-refractivity contribution in [2.24, 2.45) is 0 Å². The minimum absolute atomic E-state index is 0.596. The van der Waals surface area contributed by atoms with Gasteiger partial charge < -0.3 is 4.57 Å². The van der Waals surface area contributed by atoms with Crippen LogP contribution in [0.15, 0.2) is 0 Å². The van der Waals surface area contributed by atoms with Crippen molar-refractivity contribution in [1.29, 1.82) is 0 Å². The van der Waals surface area contributed by atoms with Crippen LogP contribution < -0.4 is 0 Å². The fraction of sp³-hybridized carbons (Fsp3) is 0.667. The van der Waals surface area contributed by atoms with Gasteiger partial charge >= 0.3 is 0 Å². The summed E-state index contributed by atoms with van der Waals surface area (Å²) < 4.78 is 2.28. The van der Waals surface area contributed by atoms with Gasteiger partial charge in [0.15, 0.2) is 0 Å². The number of fused-ring (bicyclic) bond motifs is 1. The van der Waals surface area contributed by atoms with Crippen LogP contribution in [-0.2, 0) is 18.8 Å². The van der Waals surface area contributed by atoms with Gasteiger partial charge in [-0.1, -0.05) is 0 Å². The molecule has 0 aromatic carbocycles. The number of aromatic nitrogens is 2. The minimum Gasteiger partial charge on any atom is -0.331 e. The third kappa shape index (κ3) is 1.14. The summed E-state index contributed by atoms with van der Waals surface area (Å²) in [5.74, 6) is 1.83. The van der Waals surface area contributed by atoms with Crippen molar-refractivity contribution >= 4 is 11.6 Å². The highest BCUT2D eigenvalue weighted by atomic mass is 35.5. The molecule has 1 aliphatic heterocycles. The van der Waals surface area contributed by atoms with Gasteiger partial charge in [0.2, 0.25) is 0 Å². The predicted octanol–water partition coefficient (Wildman–Crippen LogP) is 2.27. The number of nitrogens with zero attached hydrogens (tertiary/aromatic N) is 2. The van der Waals surface area contributed by atoms with E-state index in [1.54, 1.807) is 0 Å². The van der Waals surface area contributed by atoms with Crippen molar-refractivity contribution < 1.29 is 0 Å². The quantitative estimate of drug-likeness (QED) is 0.613. The van der Waals surface area contributed by atoms with Gasteiger partial charge in [-0.25, -0.2) is 4.98 Å². The third-order valence-corrected chi connectivity index (χ3v) is 2.76. The third-order valence-electron chi connectivity index (χ3n) is 2.51. The second kappa shape index (κ2) is 3.09. The molecule has 2 nitrogen and oxygen atoms in total. The van der Waals surface area contributed by atoms with E-state index < -0.39 is 0 Å². The summed E-state index contributed by atoms with van der Waals surface area (Å²) in [5.41, 5.74) is 2.33. The average Bonchev–Trinajstić information content (AvgIpc) is 2.40. The molecule has 0 amide bonds. The van der Waals surface area contributed by atoms with Gasteiger partial charge in [-0.05, 0) is 19.8 Å². The van der Waals surface area contributed by atoms with Crippen LogP contribution in [0.1, 0.15) is 30.1 Å². The lowest BCUT2D eigenvalue weighted by molar-refractivity contribution is 0.513. The molecule has 0 saturated heterocycles. The van der Waals surface area contributed by atoms with Gasteiger partial charge in [-0.3, -0.25) is 0 Å². The molecule has 0 unspecified atom stereocenters. The van der Waals surface area contributed by atoms with E-state index in [0.29, 0.717) is 5.88 Å². The molecule has 1 aromatic heterocycles. The molecule has 0 aliphatic carbocycles. The summed E-state index contributed by atoms with van der Waals surface area (Å²) in [7, 11) is 0. The maximum absolute atomic E-state index is 5.85. The summed E-state index contributed by atoms with van der Waals surface area (Å²) in [5, 5.41) is 0. The van der Waals surface area contributed by atoms with Crippen LogP contribution in [0.2, 0.25) is 0 Å². The maximum atomic E-state index is 5.85. The second-order valence-electron chi connectivity index (χ2n) is 3.30. The van der Waals surface area contributed by atoms with Gasteiger partial charge in [0.1, 0.15) is 5.82 Å². The van der Waals surface area contributed by atoms with Crippen molar-refractivity contribution in [2.75, 3.05) is 0 Å². The summed E-state index contributed by atoms with van der Waals surface area (Å²) in [6, 6.07) is 0. The largest absolute Gasteiger partial charge is 0.331 e. The van der Waals surface area contributed by atoms with Crippen molar-refractivity contribution in [3.63, 3.8) is 0 Å². The highest BCUT2D eigenvalue weighted by Gasteiger charge is 2.15. The van der Waals surface area contributed by atoms with Crippen molar-refractivity contribution in [1.82, 2.24) is 9.55 Å². The van der Waals surface area contributed by atoms with Crippen LogP contribution >= 0.6 is 11.6 Å². The van der Waals surface area contributed by atoms with Crippen LogP contribution in [0, 0.1) is 6.92 Å². The summed E-state index contributed by atoms with van der Waals surface area (Å²) in [4.78, 5) is 4.50. The Balaban J connectivity index is 2.46. The van der Waals surface area contributed by atoms with Crippen molar-refractivity contribution in [3.05, 3.63) is 17.2 Å². The first-order valence-electron chi connectivity index (χ1n) is 4.44. The highest BCUT2D eigenvalue weighted by molar-refractivity contribution is 6.17. The SMILES string of the molecule is Cc1nc2n(c1CCl)CCCC2. The van der Waals surface area contributed by atoms with Crippen LogP contribution in [-0.4, -0.2) is 9.55 Å². The molecule has 2 rings (SSSR count). The van der Waals surface area contributed by atoms with E-state index in [1.165, 1.54) is 24.4 Å². The number of imidazole rings is 1. The van der Waals surface area contributed by atoms with E-state index in [9.17, 15) is 0 Å². The number of aryl methyl sites for hydroxylation is 2. The molecular weight excluding hydrogens is 172 g/mol. The van der Waals surface area contributed by atoms with Crippen molar-refractivity contribution in [2.45, 2.75) is 38.6 Å². The normalized spacial score (nSPS) is 16.2. The Morgan fingerprint density at radius 3 is 3.08 bits per heavy atom. The molecule has 3 heteroatoms. The first-order valence-corrected chi connectivity index (χ1v) is 4.97. The number of halogens is 1. The number of hydrogen-bond donors (Lipinski definition) is 0. The molecule has 1 aromatic rings. The Morgan fingerprint density at radius 1 is 1.50 bits per heavy atom. The van der Waals surface area contributed by atoms with Gasteiger partial charge in [0.25, 0.3) is 0 Å². The van der Waals surface area contributed by atoms with Crippen LogP contribution in [0.4, 0.5) is 0 Å². The topological polar surface area (TPSA) is 17.8 Å². The van der Waals surface area contributed by atoms with Gasteiger partial charge in [0, 0.05) is 13.0 Å². The Bertz CT molecular complexity index is 291. The molecule has 2 heterocycles. The highest BCUT2D eigenvalue weighted by Crippen LogP contribution is 2.20. The monoisotopic (exact) mass is 184 g/mol. The zero-order valence-corrected chi connectivity index (χ0v) is 8.06. The van der Waals surface area contributed by atoms with E-state index in [-0.39, 0.29) is 0 Å². The van der Waals surface area contributed by atoms with E-state index in [4.69, 9.17) is 11.6 Å². The first kappa shape index (κ1) is 8.11. The Labute approximate surface area is 77.6 Å². The number of rotatable bonds is 1. The summed E-state index contributed by atoms with van der Waals surface area (Å²) >= 11 is 5.85. The van der Waals surface area contributed by atoms with E-state index >= 15 is 0 Å². The van der Waals surface area contributed by atoms with E-state index in [0.717, 1.165) is 18.7 Å². The van der Waals surface area contributed by atoms with E-state index in [2.05, 4.69) is 9.55 Å². The molecule has 0 atom stereocenters. The summed E-state index contributed by atoms with van der Waals surface area (Å²) in [6.45, 7) is 3.15. The average molecular weight is 185 g/mol. The molecule has 12 heavy (non-hydrogen) atoms. The van der Waals surface area contributed by atoms with Crippen LogP contribution in [0.3, 0.4) is 0 Å². The number of alkyl halides is 1. The molecular formula is C9H13ClN2. The lowest BCUT2D eigenvalue weighted by atomic mass is 10.2. The lowest BCUT2D eigenvalue weighted by Gasteiger charge is -2.15. The Hall–Kier alpha value is -0.500. The molecule has 1 aliphatic rings. The Morgan fingerprint density at radius 2 is 2.33 bits per heavy atom. The maximum Gasteiger partial charge on any atom is 0.109 e. The molecule has 0 spiro atoms. The Kier molecular flexibility index (Phi) is 2.09. The fourth-order valence-corrected chi connectivity index (χ4v) is 2.18. The van der Waals surface area contributed by atoms with Gasteiger partial charge in [-0.15, -0.1) is 11.6 Å². The molecule has 0 saturated carbocycles. The van der Waals surface area contributed by atoms with Crippen LogP contribution in [0.5, 0.6) is 0 Å². The smallest absolute Gasteiger partial charge is 0.109 e. The molecule has 0 N–H and O–H groups in total. The lowest BCUT2D eigenvalue weighted by Crippen LogP contribution is -2.12. The van der Waals surface area contributed by atoms with Gasteiger partial charge in [-0.2, -0.15) is 0 Å². The molecule has 0 bridgehead atoms. The minimum atomic E-state index is 0.596. The van der Waals surface area contributed by atoms with E-state index in [1.807, 2.05) is 6.92 Å². The van der Waals surface area contributed by atoms with Crippen LogP contribution in [0.25, 0.3) is 0 Å². The molecule has 0 radical (unpaired) electrons. The second-order valence-corrected chi connectivity index (χ2v) is 3.57. The first-order chi connectivity index (χ1) is 5.83. The molecule has 0 fully saturated rings. The summed E-state index contributed by atoms with van der Waals surface area (Å²) in [6.07, 6.45) is 3.67. The zero-order chi connectivity index (χ0) is 8.55. The fourth-order valence-electron chi connectivity index (χ4n) is 1.85. The van der Waals surface area contributed by atoms with Crippen molar-refractivity contribution in [3.8, 4) is 0 Å². The standard InChI is InChI=1S/C9H13ClN2/c1-7-8(6-10)12-5-3-2-4-9(12)11-7/h2-6H2,1H3. The predicted molar refractivity (Wildman–Crippen MR) is 49.5 cm³/mol. The van der Waals surface area contributed by atoms with Gasteiger partial charge in [0.05, 0.1) is 17.3 Å². The zero-order valence-electron chi connectivity index (χ0n) is 7.31. The number of hydrogen-bond acceptors (Lipinski definition) is 1.